The molecule has 1 saturated heterocycles. The van der Waals surface area contributed by atoms with Crippen molar-refractivity contribution in [2.24, 2.45) is 5.92 Å². The number of hydrogen-bond acceptors (Lipinski definition) is 3. The average Bonchev–Trinajstić information content (AvgIpc) is 3.17. The second-order valence-electron chi connectivity index (χ2n) is 7.86. The summed E-state index contributed by atoms with van der Waals surface area (Å²) in [6.45, 7) is 0.538. The molecule has 0 bridgehead atoms. The van der Waals surface area contributed by atoms with Crippen molar-refractivity contribution in [3.63, 3.8) is 0 Å². The van der Waals surface area contributed by atoms with Gasteiger partial charge >= 0.3 is 0 Å². The molecule has 0 aromatic heterocycles. The Labute approximate surface area is 171 Å². The van der Waals surface area contributed by atoms with E-state index in [1.54, 1.807) is 4.90 Å². The first-order valence-corrected chi connectivity index (χ1v) is 11.4. The van der Waals surface area contributed by atoms with Crippen molar-refractivity contribution >= 4 is 15.9 Å². The minimum atomic E-state index is -3.74. The highest BCUT2D eigenvalue weighted by Crippen LogP contribution is 2.36. The number of hydrogen-bond donors (Lipinski definition) is 0. The van der Waals surface area contributed by atoms with E-state index in [9.17, 15) is 17.6 Å². The van der Waals surface area contributed by atoms with E-state index in [1.165, 1.54) is 27.6 Å². The number of aryl methyl sites for hydroxylation is 1. The Hall–Kier alpha value is -2.25. The van der Waals surface area contributed by atoms with Crippen molar-refractivity contribution in [1.82, 2.24) is 9.21 Å². The maximum absolute atomic E-state index is 13.2. The summed E-state index contributed by atoms with van der Waals surface area (Å²) in [4.78, 5) is 15.1. The van der Waals surface area contributed by atoms with Gasteiger partial charge in [-0.1, -0.05) is 24.3 Å². The lowest BCUT2D eigenvalue weighted by molar-refractivity contribution is -0.137. The maximum atomic E-state index is 13.2. The van der Waals surface area contributed by atoms with E-state index in [4.69, 9.17) is 0 Å². The zero-order chi connectivity index (χ0) is 20.6. The van der Waals surface area contributed by atoms with Gasteiger partial charge in [0.2, 0.25) is 15.9 Å². The van der Waals surface area contributed by atoms with Gasteiger partial charge in [0.05, 0.1) is 16.9 Å². The fourth-order valence-corrected chi connectivity index (χ4v) is 6.02. The molecule has 1 heterocycles. The fraction of sp³-hybridized carbons (Fsp3) is 0.409. The summed E-state index contributed by atoms with van der Waals surface area (Å²) in [5, 5.41) is 0. The van der Waals surface area contributed by atoms with Crippen LogP contribution in [0.1, 0.15) is 36.4 Å². The summed E-state index contributed by atoms with van der Waals surface area (Å²) < 4.78 is 40.4. The zero-order valence-corrected chi connectivity index (χ0v) is 17.2. The summed E-state index contributed by atoms with van der Waals surface area (Å²) in [6, 6.07) is 13.1. The monoisotopic (exact) mass is 416 g/mol. The van der Waals surface area contributed by atoms with Crippen LogP contribution in [0, 0.1) is 11.7 Å². The minimum Gasteiger partial charge on any atom is -0.338 e. The Morgan fingerprint density at radius 3 is 2.59 bits per heavy atom. The van der Waals surface area contributed by atoms with Crippen LogP contribution in [0.15, 0.2) is 53.4 Å². The largest absolute Gasteiger partial charge is 0.338 e. The number of fused-ring (bicyclic) bond motifs is 1. The predicted octanol–water partition coefficient (Wildman–Crippen LogP) is 3.37. The molecule has 0 radical (unpaired) electrons. The zero-order valence-electron chi connectivity index (χ0n) is 16.4. The van der Waals surface area contributed by atoms with Crippen LogP contribution < -0.4 is 0 Å². The van der Waals surface area contributed by atoms with E-state index in [0.29, 0.717) is 19.4 Å². The lowest BCUT2D eigenvalue weighted by Gasteiger charge is -2.35. The first-order chi connectivity index (χ1) is 13.9. The summed E-state index contributed by atoms with van der Waals surface area (Å²) >= 11 is 0. The van der Waals surface area contributed by atoms with Gasteiger partial charge in [0.1, 0.15) is 5.82 Å². The van der Waals surface area contributed by atoms with Gasteiger partial charge in [-0.2, -0.15) is 4.31 Å². The highest BCUT2D eigenvalue weighted by Gasteiger charge is 2.37. The predicted molar refractivity (Wildman–Crippen MR) is 108 cm³/mol. The third kappa shape index (κ3) is 3.81. The molecule has 7 heteroatoms. The van der Waals surface area contributed by atoms with Crippen LogP contribution in [0.4, 0.5) is 4.39 Å². The van der Waals surface area contributed by atoms with Gasteiger partial charge in [-0.05, 0) is 61.1 Å². The number of piperidine rings is 1. The lowest BCUT2D eigenvalue weighted by Crippen LogP contribution is -2.46. The molecule has 1 fully saturated rings. The highest BCUT2D eigenvalue weighted by molar-refractivity contribution is 7.89. The van der Waals surface area contributed by atoms with Gasteiger partial charge in [0, 0.05) is 20.1 Å². The molecule has 1 amide bonds. The Balaban J connectivity index is 1.49. The Bertz CT molecular complexity index is 1010. The fourth-order valence-electron chi connectivity index (χ4n) is 4.50. The van der Waals surface area contributed by atoms with Crippen molar-refractivity contribution in [2.75, 3.05) is 20.1 Å². The maximum Gasteiger partial charge on any atom is 0.243 e. The van der Waals surface area contributed by atoms with E-state index in [-0.39, 0.29) is 29.3 Å². The number of carbonyl (C=O) groups excluding carboxylic acids is 1. The number of carbonyl (C=O) groups is 1. The molecule has 0 spiro atoms. The molecule has 29 heavy (non-hydrogen) atoms. The second kappa shape index (κ2) is 7.88. The molecule has 0 N–H and O–H groups in total. The molecular formula is C22H25FN2O3S. The Morgan fingerprint density at radius 2 is 1.83 bits per heavy atom. The quantitative estimate of drug-likeness (QED) is 0.768. The third-order valence-corrected chi connectivity index (χ3v) is 7.98. The van der Waals surface area contributed by atoms with E-state index < -0.39 is 15.8 Å². The van der Waals surface area contributed by atoms with Gasteiger partial charge in [-0.3, -0.25) is 4.79 Å². The molecule has 1 aliphatic carbocycles. The van der Waals surface area contributed by atoms with Gasteiger partial charge in [-0.25, -0.2) is 12.8 Å². The molecule has 5 nitrogen and oxygen atoms in total. The van der Waals surface area contributed by atoms with Crippen molar-refractivity contribution in [1.29, 1.82) is 0 Å². The normalized spacial score (nSPS) is 22.3. The number of amides is 1. The Morgan fingerprint density at radius 1 is 1.10 bits per heavy atom. The smallest absolute Gasteiger partial charge is 0.243 e. The average molecular weight is 417 g/mol. The van der Waals surface area contributed by atoms with Crippen molar-refractivity contribution in [2.45, 2.75) is 36.6 Å². The summed E-state index contributed by atoms with van der Waals surface area (Å²) in [5.41, 5.74) is 2.47. The van der Waals surface area contributed by atoms with Crippen LogP contribution in [0.3, 0.4) is 0 Å². The summed E-state index contributed by atoms with van der Waals surface area (Å²) in [6.07, 6.45) is 3.15. The molecule has 2 aromatic carbocycles. The number of rotatable bonds is 4. The van der Waals surface area contributed by atoms with Crippen LogP contribution in [-0.2, 0) is 21.2 Å². The molecular weight excluding hydrogens is 391 g/mol. The molecule has 2 aliphatic rings. The summed E-state index contributed by atoms with van der Waals surface area (Å²) in [7, 11) is -1.92. The van der Waals surface area contributed by atoms with Crippen molar-refractivity contribution in [3.8, 4) is 0 Å². The van der Waals surface area contributed by atoms with Crippen molar-refractivity contribution < 1.29 is 17.6 Å². The number of benzene rings is 2. The number of nitrogens with zero attached hydrogens (tertiary/aromatic N) is 2. The van der Waals surface area contributed by atoms with Crippen molar-refractivity contribution in [3.05, 3.63) is 65.5 Å². The third-order valence-electron chi connectivity index (χ3n) is 6.10. The van der Waals surface area contributed by atoms with Crippen LogP contribution >= 0.6 is 0 Å². The number of sulfonamides is 1. The second-order valence-corrected chi connectivity index (χ2v) is 9.80. The van der Waals surface area contributed by atoms with Gasteiger partial charge < -0.3 is 4.90 Å². The van der Waals surface area contributed by atoms with Crippen LogP contribution in [0.5, 0.6) is 0 Å². The first kappa shape index (κ1) is 20.0. The highest BCUT2D eigenvalue weighted by atomic mass is 32.2. The van der Waals surface area contributed by atoms with Gasteiger partial charge in [-0.15, -0.1) is 0 Å². The molecule has 4 rings (SSSR count). The van der Waals surface area contributed by atoms with E-state index in [1.807, 2.05) is 19.2 Å². The van der Waals surface area contributed by atoms with Crippen LogP contribution in [0.25, 0.3) is 0 Å². The number of halogens is 1. The first-order valence-electron chi connectivity index (χ1n) is 9.98. The summed E-state index contributed by atoms with van der Waals surface area (Å²) in [5.74, 6) is -0.850. The topological polar surface area (TPSA) is 57.7 Å². The molecule has 154 valence electrons. The van der Waals surface area contributed by atoms with Crippen LogP contribution in [0.2, 0.25) is 0 Å². The van der Waals surface area contributed by atoms with Gasteiger partial charge in [0.15, 0.2) is 0 Å². The van der Waals surface area contributed by atoms with E-state index in [0.717, 1.165) is 25.0 Å². The molecule has 2 atom stereocenters. The standard InChI is InChI=1S/C22H25FN2O3S/c1-24(21-13-8-16-5-2-3-7-20(16)21)22(26)17-6-4-14-25(15-17)29(27,28)19-11-9-18(23)10-12-19/h2-3,5,7,9-12,17,21H,4,6,8,13-15H2,1H3/t17-,21-/m0/s1. The van der Waals surface area contributed by atoms with Gasteiger partial charge in [0.25, 0.3) is 0 Å². The van der Waals surface area contributed by atoms with E-state index in [2.05, 4.69) is 12.1 Å². The molecule has 1 aliphatic heterocycles. The molecule has 0 saturated carbocycles. The van der Waals surface area contributed by atoms with Crippen LogP contribution in [-0.4, -0.2) is 43.7 Å². The lowest BCUT2D eigenvalue weighted by atomic mass is 9.97. The molecule has 0 unspecified atom stereocenters. The SMILES string of the molecule is CN(C(=O)[C@H]1CCCN(S(=O)(=O)c2ccc(F)cc2)C1)[C@H]1CCc2ccccc21. The minimum absolute atomic E-state index is 0.00860. The Kier molecular flexibility index (Phi) is 5.44. The molecule has 2 aromatic rings. The van der Waals surface area contributed by atoms with E-state index >= 15 is 0 Å².